The summed E-state index contributed by atoms with van der Waals surface area (Å²) >= 11 is 0. The lowest BCUT2D eigenvalue weighted by Gasteiger charge is -2.19. The summed E-state index contributed by atoms with van der Waals surface area (Å²) in [5.74, 6) is 1.68. The molecule has 2 saturated heterocycles. The van der Waals surface area contributed by atoms with Crippen LogP contribution in [0.2, 0.25) is 0 Å². The average molecular weight is 314 g/mol. The number of hydrogen-bond acceptors (Lipinski definition) is 4. The lowest BCUT2D eigenvalue weighted by atomic mass is 10.1. The van der Waals surface area contributed by atoms with Gasteiger partial charge in [-0.2, -0.15) is 0 Å². The van der Waals surface area contributed by atoms with Crippen molar-refractivity contribution >= 4 is 15.8 Å². The topological polar surface area (TPSA) is 73.8 Å². The Morgan fingerprint density at radius 1 is 1.29 bits per heavy atom. The lowest BCUT2D eigenvalue weighted by molar-refractivity contribution is 0.321. The molecule has 2 N–H and O–H groups in total. The van der Waals surface area contributed by atoms with E-state index in [0.29, 0.717) is 24.1 Å². The van der Waals surface area contributed by atoms with E-state index in [-0.39, 0.29) is 5.92 Å². The van der Waals surface area contributed by atoms with E-state index >= 15 is 0 Å². The zero-order valence-corrected chi connectivity index (χ0v) is 13.5. The number of hydrogen-bond donors (Lipinski definition) is 2. The van der Waals surface area contributed by atoms with Gasteiger partial charge in [-0.25, -0.2) is 8.42 Å². The first kappa shape index (κ1) is 15.1. The van der Waals surface area contributed by atoms with Crippen LogP contribution in [0.4, 0.5) is 0 Å². The zero-order valence-electron chi connectivity index (χ0n) is 12.7. The second-order valence-electron chi connectivity index (χ2n) is 6.58. The van der Waals surface area contributed by atoms with Gasteiger partial charge in [0.25, 0.3) is 0 Å². The van der Waals surface area contributed by atoms with Gasteiger partial charge in [0, 0.05) is 38.8 Å². The van der Waals surface area contributed by atoms with Crippen molar-refractivity contribution in [1.29, 1.82) is 0 Å². The van der Waals surface area contributed by atoms with Crippen LogP contribution in [0.1, 0.15) is 25.7 Å². The second kappa shape index (κ2) is 6.12. The number of likely N-dealkylation sites (tertiary alicyclic amines) is 1. The van der Waals surface area contributed by atoms with Crippen LogP contribution in [0.3, 0.4) is 0 Å². The van der Waals surface area contributed by atoms with Crippen LogP contribution >= 0.6 is 0 Å². The zero-order chi connectivity index (χ0) is 14.9. The van der Waals surface area contributed by atoms with Gasteiger partial charge in [0.15, 0.2) is 15.8 Å². The standard InChI is InChI=1S/C14H26N4O2S/c1-15-14(16-8-11-5-7-21(19,20)10-11)17-12-4-6-18(9-12)13-2-3-13/h11-13H,2-10H2,1H3,(H2,15,16,17). The Morgan fingerprint density at radius 3 is 2.71 bits per heavy atom. The highest BCUT2D eigenvalue weighted by molar-refractivity contribution is 7.91. The average Bonchev–Trinajstić information content (AvgIpc) is 3.10. The van der Waals surface area contributed by atoms with E-state index in [1.807, 2.05) is 0 Å². The molecule has 6 nitrogen and oxygen atoms in total. The fourth-order valence-corrected chi connectivity index (χ4v) is 5.20. The molecule has 0 aromatic rings. The van der Waals surface area contributed by atoms with Gasteiger partial charge in [0.2, 0.25) is 0 Å². The minimum absolute atomic E-state index is 0.222. The Kier molecular flexibility index (Phi) is 4.40. The van der Waals surface area contributed by atoms with Crippen LogP contribution in [-0.4, -0.2) is 69.5 Å². The third-order valence-electron chi connectivity index (χ3n) is 4.73. The number of nitrogens with one attached hydrogen (secondary N) is 2. The van der Waals surface area contributed by atoms with Gasteiger partial charge < -0.3 is 10.6 Å². The molecule has 2 atom stereocenters. The summed E-state index contributed by atoms with van der Waals surface area (Å²) < 4.78 is 22.9. The highest BCUT2D eigenvalue weighted by Gasteiger charge is 2.34. The molecule has 21 heavy (non-hydrogen) atoms. The molecule has 3 fully saturated rings. The van der Waals surface area contributed by atoms with Crippen molar-refractivity contribution < 1.29 is 8.42 Å². The molecule has 0 aromatic carbocycles. The van der Waals surface area contributed by atoms with Gasteiger partial charge in [-0.3, -0.25) is 9.89 Å². The minimum Gasteiger partial charge on any atom is -0.356 e. The molecule has 0 amide bonds. The number of nitrogens with zero attached hydrogens (tertiary/aromatic N) is 2. The van der Waals surface area contributed by atoms with E-state index in [1.54, 1.807) is 7.05 Å². The molecule has 0 aromatic heterocycles. The largest absolute Gasteiger partial charge is 0.356 e. The number of rotatable bonds is 4. The van der Waals surface area contributed by atoms with Crippen LogP contribution in [-0.2, 0) is 9.84 Å². The number of sulfone groups is 1. The predicted molar refractivity (Wildman–Crippen MR) is 84.3 cm³/mol. The minimum atomic E-state index is -2.79. The second-order valence-corrected chi connectivity index (χ2v) is 8.81. The molecule has 0 radical (unpaired) electrons. The molecule has 3 aliphatic rings. The molecule has 2 aliphatic heterocycles. The van der Waals surface area contributed by atoms with Crippen molar-refractivity contribution in [2.24, 2.45) is 10.9 Å². The van der Waals surface area contributed by atoms with Crippen LogP contribution < -0.4 is 10.6 Å². The SMILES string of the molecule is CN=C(NCC1CCS(=O)(=O)C1)NC1CCN(C2CC2)C1. The Labute approximate surface area is 127 Å². The first-order chi connectivity index (χ1) is 10.1. The van der Waals surface area contributed by atoms with Gasteiger partial charge in [-0.15, -0.1) is 0 Å². The summed E-state index contributed by atoms with van der Waals surface area (Å²) in [6, 6.07) is 1.29. The van der Waals surface area contributed by atoms with E-state index in [2.05, 4.69) is 20.5 Å². The fraction of sp³-hybridized carbons (Fsp3) is 0.929. The summed E-state index contributed by atoms with van der Waals surface area (Å²) in [4.78, 5) is 6.82. The molecule has 2 unspecified atom stereocenters. The molecule has 0 bridgehead atoms. The number of guanidine groups is 1. The predicted octanol–water partition coefficient (Wildman–Crippen LogP) is -0.177. The smallest absolute Gasteiger partial charge is 0.191 e. The molecule has 0 spiro atoms. The molecule has 7 heteroatoms. The van der Waals surface area contributed by atoms with Gasteiger partial charge in [0.1, 0.15) is 0 Å². The number of aliphatic imine (C=N–C) groups is 1. The normalized spacial score (nSPS) is 33.3. The van der Waals surface area contributed by atoms with E-state index in [0.717, 1.165) is 31.4 Å². The highest BCUT2D eigenvalue weighted by Crippen LogP contribution is 2.29. The maximum Gasteiger partial charge on any atom is 0.191 e. The van der Waals surface area contributed by atoms with Crippen molar-refractivity contribution in [3.8, 4) is 0 Å². The summed E-state index contributed by atoms with van der Waals surface area (Å²) in [5.41, 5.74) is 0. The monoisotopic (exact) mass is 314 g/mol. The maximum absolute atomic E-state index is 11.5. The van der Waals surface area contributed by atoms with Crippen molar-refractivity contribution in [3.63, 3.8) is 0 Å². The highest BCUT2D eigenvalue weighted by atomic mass is 32.2. The van der Waals surface area contributed by atoms with E-state index < -0.39 is 9.84 Å². The molecular formula is C14H26N4O2S. The first-order valence-electron chi connectivity index (χ1n) is 7.97. The summed E-state index contributed by atoms with van der Waals surface area (Å²) in [6.07, 6.45) is 4.64. The summed E-state index contributed by atoms with van der Waals surface area (Å²) in [5, 5.41) is 6.76. The summed E-state index contributed by atoms with van der Waals surface area (Å²) in [6.45, 7) is 2.97. The van der Waals surface area contributed by atoms with Crippen LogP contribution in [0.5, 0.6) is 0 Å². The van der Waals surface area contributed by atoms with Crippen molar-refractivity contribution in [3.05, 3.63) is 0 Å². The summed E-state index contributed by atoms with van der Waals surface area (Å²) in [7, 11) is -1.02. The third kappa shape index (κ3) is 4.10. The Morgan fingerprint density at radius 2 is 2.10 bits per heavy atom. The Bertz CT molecular complexity index is 501. The Hall–Kier alpha value is -0.820. The van der Waals surface area contributed by atoms with Crippen LogP contribution in [0.15, 0.2) is 4.99 Å². The Balaban J connectivity index is 1.41. The third-order valence-corrected chi connectivity index (χ3v) is 6.57. The van der Waals surface area contributed by atoms with Crippen molar-refractivity contribution in [2.45, 2.75) is 37.8 Å². The van der Waals surface area contributed by atoms with Crippen molar-refractivity contribution in [2.75, 3.05) is 38.2 Å². The van der Waals surface area contributed by atoms with Crippen LogP contribution in [0, 0.1) is 5.92 Å². The van der Waals surface area contributed by atoms with Gasteiger partial charge in [0.05, 0.1) is 11.5 Å². The van der Waals surface area contributed by atoms with E-state index in [1.165, 1.54) is 19.4 Å². The maximum atomic E-state index is 11.5. The van der Waals surface area contributed by atoms with E-state index in [9.17, 15) is 8.42 Å². The van der Waals surface area contributed by atoms with Gasteiger partial charge in [-0.1, -0.05) is 0 Å². The molecular weight excluding hydrogens is 288 g/mol. The van der Waals surface area contributed by atoms with Crippen molar-refractivity contribution in [1.82, 2.24) is 15.5 Å². The van der Waals surface area contributed by atoms with Gasteiger partial charge in [-0.05, 0) is 31.6 Å². The molecule has 1 saturated carbocycles. The molecule has 1 aliphatic carbocycles. The fourth-order valence-electron chi connectivity index (χ4n) is 3.34. The molecule has 2 heterocycles. The quantitative estimate of drug-likeness (QED) is 0.556. The molecule has 120 valence electrons. The van der Waals surface area contributed by atoms with Gasteiger partial charge >= 0.3 is 0 Å². The van der Waals surface area contributed by atoms with Crippen LogP contribution in [0.25, 0.3) is 0 Å². The lowest BCUT2D eigenvalue weighted by Crippen LogP contribution is -2.46. The molecule has 3 rings (SSSR count). The van der Waals surface area contributed by atoms with E-state index in [4.69, 9.17) is 0 Å². The first-order valence-corrected chi connectivity index (χ1v) is 9.79.